The molecule has 20 heavy (non-hydrogen) atoms. The van der Waals surface area contributed by atoms with E-state index in [2.05, 4.69) is 11.6 Å². The van der Waals surface area contributed by atoms with Gasteiger partial charge in [-0.25, -0.2) is 0 Å². The first-order valence-electron chi connectivity index (χ1n) is 6.35. The summed E-state index contributed by atoms with van der Waals surface area (Å²) in [5.74, 6) is -0.497. The Labute approximate surface area is 118 Å². The number of pyridine rings is 1. The molecular formula is C16H17N3O. The number of rotatable bonds is 5. The molecule has 0 spiro atoms. The number of aryl methyl sites for hydroxylation is 2. The van der Waals surface area contributed by atoms with Crippen molar-refractivity contribution in [2.24, 2.45) is 11.5 Å². The van der Waals surface area contributed by atoms with Crippen LogP contribution < -0.4 is 11.5 Å². The van der Waals surface area contributed by atoms with Crippen molar-refractivity contribution in [2.75, 3.05) is 0 Å². The van der Waals surface area contributed by atoms with Crippen molar-refractivity contribution >= 4 is 11.6 Å². The highest BCUT2D eigenvalue weighted by atomic mass is 16.1. The molecule has 0 aliphatic carbocycles. The largest absolute Gasteiger partial charge is 0.399 e. The number of amides is 1. The van der Waals surface area contributed by atoms with E-state index in [-0.39, 0.29) is 0 Å². The zero-order valence-electron chi connectivity index (χ0n) is 11.2. The van der Waals surface area contributed by atoms with E-state index in [0.29, 0.717) is 28.9 Å². The Morgan fingerprint density at radius 1 is 1.15 bits per heavy atom. The smallest absolute Gasteiger partial charge is 0.250 e. The second-order valence-electron chi connectivity index (χ2n) is 4.59. The third-order valence-corrected chi connectivity index (χ3v) is 3.10. The van der Waals surface area contributed by atoms with Gasteiger partial charge in [-0.1, -0.05) is 36.9 Å². The molecule has 1 aromatic carbocycles. The lowest BCUT2D eigenvalue weighted by atomic mass is 10.0. The van der Waals surface area contributed by atoms with Gasteiger partial charge in [-0.15, -0.1) is 0 Å². The molecular weight excluding hydrogens is 250 g/mol. The Morgan fingerprint density at radius 2 is 1.85 bits per heavy atom. The summed E-state index contributed by atoms with van der Waals surface area (Å²) in [5.41, 5.74) is 14.3. The Morgan fingerprint density at radius 3 is 2.45 bits per heavy atom. The first-order chi connectivity index (χ1) is 9.58. The molecule has 1 heterocycles. The van der Waals surface area contributed by atoms with Crippen LogP contribution in [0.25, 0.3) is 5.70 Å². The number of nitrogens with zero attached hydrogens (tertiary/aromatic N) is 1. The lowest BCUT2D eigenvalue weighted by Gasteiger charge is -2.08. The Kier molecular flexibility index (Phi) is 4.15. The fourth-order valence-electron chi connectivity index (χ4n) is 1.99. The minimum absolute atomic E-state index is 0.370. The number of hydrogen-bond donors (Lipinski definition) is 2. The summed E-state index contributed by atoms with van der Waals surface area (Å²) in [6.45, 7) is 3.63. The quantitative estimate of drug-likeness (QED) is 0.868. The molecule has 4 nitrogen and oxygen atoms in total. The van der Waals surface area contributed by atoms with E-state index in [0.717, 1.165) is 6.42 Å². The SMILES string of the molecule is C=C(N)c1cnc(CCc2ccccc2)c(C(N)=O)c1. The van der Waals surface area contributed by atoms with Gasteiger partial charge in [-0.05, 0) is 24.5 Å². The van der Waals surface area contributed by atoms with E-state index >= 15 is 0 Å². The maximum Gasteiger partial charge on any atom is 0.250 e. The maximum absolute atomic E-state index is 11.5. The highest BCUT2D eigenvalue weighted by Gasteiger charge is 2.11. The molecule has 0 fully saturated rings. The van der Waals surface area contributed by atoms with Crippen LogP contribution in [-0.4, -0.2) is 10.9 Å². The van der Waals surface area contributed by atoms with E-state index in [1.165, 1.54) is 5.56 Å². The van der Waals surface area contributed by atoms with Crippen molar-refractivity contribution in [2.45, 2.75) is 12.8 Å². The zero-order chi connectivity index (χ0) is 14.5. The second kappa shape index (κ2) is 6.02. The highest BCUT2D eigenvalue weighted by molar-refractivity contribution is 5.94. The summed E-state index contributed by atoms with van der Waals surface area (Å²) in [4.78, 5) is 15.8. The third-order valence-electron chi connectivity index (χ3n) is 3.10. The van der Waals surface area contributed by atoms with Crippen molar-refractivity contribution in [1.29, 1.82) is 0 Å². The molecule has 4 heteroatoms. The molecule has 2 rings (SSSR count). The van der Waals surface area contributed by atoms with Crippen molar-refractivity contribution in [3.8, 4) is 0 Å². The van der Waals surface area contributed by atoms with Crippen LogP contribution in [-0.2, 0) is 12.8 Å². The number of nitrogens with two attached hydrogens (primary N) is 2. The topological polar surface area (TPSA) is 82.0 Å². The third kappa shape index (κ3) is 3.23. The van der Waals surface area contributed by atoms with Gasteiger partial charge in [0.15, 0.2) is 0 Å². The van der Waals surface area contributed by atoms with Crippen LogP contribution >= 0.6 is 0 Å². The molecule has 0 aliphatic rings. The standard InChI is InChI=1S/C16H17N3O/c1-11(17)13-9-14(16(18)20)15(19-10-13)8-7-12-5-3-2-4-6-12/h2-6,9-10H,1,7-8,17H2,(H2,18,20). The van der Waals surface area contributed by atoms with E-state index in [4.69, 9.17) is 11.5 Å². The van der Waals surface area contributed by atoms with Gasteiger partial charge < -0.3 is 11.5 Å². The molecule has 0 aliphatic heterocycles. The molecule has 0 radical (unpaired) electrons. The predicted molar refractivity (Wildman–Crippen MR) is 79.8 cm³/mol. The summed E-state index contributed by atoms with van der Waals surface area (Å²) in [6, 6.07) is 11.7. The molecule has 0 atom stereocenters. The molecule has 1 aromatic heterocycles. The number of carbonyl (C=O) groups excluding carboxylic acids is 1. The van der Waals surface area contributed by atoms with Crippen LogP contribution in [0, 0.1) is 0 Å². The number of hydrogen-bond acceptors (Lipinski definition) is 3. The minimum atomic E-state index is -0.497. The molecule has 0 saturated carbocycles. The van der Waals surface area contributed by atoms with Crippen LogP contribution in [0.5, 0.6) is 0 Å². The Balaban J connectivity index is 2.23. The summed E-state index contributed by atoms with van der Waals surface area (Å²) in [6.07, 6.45) is 3.08. The molecule has 102 valence electrons. The summed E-state index contributed by atoms with van der Waals surface area (Å²) in [7, 11) is 0. The van der Waals surface area contributed by atoms with Gasteiger partial charge in [-0.3, -0.25) is 9.78 Å². The van der Waals surface area contributed by atoms with Gasteiger partial charge in [0.25, 0.3) is 5.91 Å². The molecule has 2 aromatic rings. The lowest BCUT2D eigenvalue weighted by Crippen LogP contribution is -2.16. The fourth-order valence-corrected chi connectivity index (χ4v) is 1.99. The van der Waals surface area contributed by atoms with Gasteiger partial charge in [0.2, 0.25) is 0 Å². The van der Waals surface area contributed by atoms with Crippen LogP contribution in [0.15, 0.2) is 49.2 Å². The van der Waals surface area contributed by atoms with Crippen LogP contribution in [0.3, 0.4) is 0 Å². The Hall–Kier alpha value is -2.62. The number of primary amides is 1. The summed E-state index contributed by atoms with van der Waals surface area (Å²) < 4.78 is 0. The lowest BCUT2D eigenvalue weighted by molar-refractivity contribution is 0.0999. The average Bonchev–Trinajstić information content (AvgIpc) is 2.45. The molecule has 0 bridgehead atoms. The fraction of sp³-hybridized carbons (Fsp3) is 0.125. The number of aromatic nitrogens is 1. The van der Waals surface area contributed by atoms with E-state index in [9.17, 15) is 4.79 Å². The zero-order valence-corrected chi connectivity index (χ0v) is 11.2. The van der Waals surface area contributed by atoms with Gasteiger partial charge in [-0.2, -0.15) is 0 Å². The van der Waals surface area contributed by atoms with Crippen LogP contribution in [0.1, 0.15) is 27.2 Å². The number of carbonyl (C=O) groups is 1. The predicted octanol–water partition coefficient (Wildman–Crippen LogP) is 1.90. The van der Waals surface area contributed by atoms with Crippen LogP contribution in [0.2, 0.25) is 0 Å². The average molecular weight is 267 g/mol. The first kappa shape index (κ1) is 13.8. The molecule has 0 saturated heterocycles. The Bertz CT molecular complexity index is 635. The van der Waals surface area contributed by atoms with Crippen molar-refractivity contribution in [1.82, 2.24) is 4.98 Å². The monoisotopic (exact) mass is 267 g/mol. The highest BCUT2D eigenvalue weighted by Crippen LogP contribution is 2.14. The van der Waals surface area contributed by atoms with E-state index in [1.54, 1.807) is 12.3 Å². The second-order valence-corrected chi connectivity index (χ2v) is 4.59. The van der Waals surface area contributed by atoms with Crippen molar-refractivity contribution in [3.05, 3.63) is 71.6 Å². The van der Waals surface area contributed by atoms with Crippen molar-refractivity contribution in [3.63, 3.8) is 0 Å². The van der Waals surface area contributed by atoms with E-state index in [1.807, 2.05) is 30.3 Å². The maximum atomic E-state index is 11.5. The summed E-state index contributed by atoms with van der Waals surface area (Å²) >= 11 is 0. The number of benzene rings is 1. The minimum Gasteiger partial charge on any atom is -0.399 e. The molecule has 0 unspecified atom stereocenters. The summed E-state index contributed by atoms with van der Waals surface area (Å²) in [5, 5.41) is 0. The van der Waals surface area contributed by atoms with Crippen LogP contribution in [0.4, 0.5) is 0 Å². The van der Waals surface area contributed by atoms with Gasteiger partial charge in [0, 0.05) is 17.5 Å². The van der Waals surface area contributed by atoms with E-state index < -0.39 is 5.91 Å². The van der Waals surface area contributed by atoms with Crippen molar-refractivity contribution < 1.29 is 4.79 Å². The first-order valence-corrected chi connectivity index (χ1v) is 6.35. The molecule has 1 amide bonds. The molecule has 4 N–H and O–H groups in total. The van der Waals surface area contributed by atoms with Gasteiger partial charge >= 0.3 is 0 Å². The normalized spacial score (nSPS) is 10.2. The van der Waals surface area contributed by atoms with Gasteiger partial charge in [0.05, 0.1) is 11.3 Å². The van der Waals surface area contributed by atoms with Gasteiger partial charge in [0.1, 0.15) is 0 Å².